The number of aliphatic imine (C=N–C) groups is 1. The van der Waals surface area contributed by atoms with Crippen LogP contribution in [0.5, 0.6) is 0 Å². The minimum absolute atomic E-state index is 0.0145. The number of aromatic nitrogens is 1. The van der Waals surface area contributed by atoms with Gasteiger partial charge in [0.1, 0.15) is 0 Å². The summed E-state index contributed by atoms with van der Waals surface area (Å²) in [6.07, 6.45) is 3.61. The molecule has 0 aliphatic carbocycles. The Kier molecular flexibility index (Phi) is 4.48. The molecule has 0 unspecified atom stereocenters. The number of amides is 1. The zero-order valence-electron chi connectivity index (χ0n) is 13.6. The van der Waals surface area contributed by atoms with Crippen LogP contribution in [-0.4, -0.2) is 34.0 Å². The highest BCUT2D eigenvalue weighted by Crippen LogP contribution is 2.22. The van der Waals surface area contributed by atoms with Crippen LogP contribution < -0.4 is 0 Å². The third kappa shape index (κ3) is 3.42. The van der Waals surface area contributed by atoms with Crippen molar-refractivity contribution in [2.24, 2.45) is 4.99 Å². The highest BCUT2D eigenvalue weighted by molar-refractivity contribution is 8.13. The number of carbonyl (C=O) groups excluding carboxylic acids is 1. The lowest BCUT2D eigenvalue weighted by Gasteiger charge is -2.18. The van der Waals surface area contributed by atoms with Gasteiger partial charge in [-0.15, -0.1) is 0 Å². The molecule has 4 rings (SSSR count). The number of hydrogen-bond acceptors (Lipinski definition) is 4. The first kappa shape index (κ1) is 15.8. The number of pyridine rings is 1. The maximum Gasteiger partial charge on any atom is 0.259 e. The number of fused-ring (bicyclic) bond motifs is 1. The fourth-order valence-corrected chi connectivity index (χ4v) is 3.83. The second-order valence-electron chi connectivity index (χ2n) is 5.83. The van der Waals surface area contributed by atoms with E-state index >= 15 is 0 Å². The van der Waals surface area contributed by atoms with Crippen molar-refractivity contribution in [3.05, 3.63) is 78.1 Å². The Hall–Kier alpha value is -2.66. The number of carbonyl (C=O) groups is 1. The van der Waals surface area contributed by atoms with Gasteiger partial charge in [0.05, 0.1) is 6.54 Å². The highest BCUT2D eigenvalue weighted by atomic mass is 32.2. The van der Waals surface area contributed by atoms with Crippen molar-refractivity contribution in [1.82, 2.24) is 9.88 Å². The van der Waals surface area contributed by atoms with Crippen LogP contribution in [0.1, 0.15) is 15.9 Å². The molecule has 0 spiro atoms. The smallest absolute Gasteiger partial charge is 0.259 e. The molecule has 0 N–H and O–H groups in total. The number of benzene rings is 2. The molecule has 0 saturated heterocycles. The van der Waals surface area contributed by atoms with Crippen molar-refractivity contribution >= 4 is 33.6 Å². The predicted octanol–water partition coefficient (Wildman–Crippen LogP) is 3.98. The molecule has 1 aliphatic heterocycles. The Labute approximate surface area is 150 Å². The summed E-state index contributed by atoms with van der Waals surface area (Å²) >= 11 is 1.59. The summed E-state index contributed by atoms with van der Waals surface area (Å²) in [7, 11) is 0. The van der Waals surface area contributed by atoms with Crippen LogP contribution >= 0.6 is 11.8 Å². The van der Waals surface area contributed by atoms with Gasteiger partial charge < -0.3 is 0 Å². The molecule has 0 fully saturated rings. The molecule has 1 aromatic heterocycles. The van der Waals surface area contributed by atoms with E-state index in [1.165, 1.54) is 0 Å². The van der Waals surface area contributed by atoms with Gasteiger partial charge in [-0.1, -0.05) is 48.2 Å². The van der Waals surface area contributed by atoms with Gasteiger partial charge in [0, 0.05) is 30.3 Å². The van der Waals surface area contributed by atoms with Gasteiger partial charge in [0.25, 0.3) is 5.91 Å². The van der Waals surface area contributed by atoms with Gasteiger partial charge in [-0.25, -0.2) is 0 Å². The molecule has 2 heterocycles. The Morgan fingerprint density at radius 3 is 2.80 bits per heavy atom. The number of amidine groups is 1. The van der Waals surface area contributed by atoms with E-state index in [9.17, 15) is 4.79 Å². The van der Waals surface area contributed by atoms with Crippen molar-refractivity contribution in [1.29, 1.82) is 0 Å². The van der Waals surface area contributed by atoms with Gasteiger partial charge in [-0.3, -0.25) is 19.7 Å². The van der Waals surface area contributed by atoms with Gasteiger partial charge in [0.15, 0.2) is 5.17 Å². The molecular weight excluding hydrogens is 330 g/mol. The van der Waals surface area contributed by atoms with Crippen molar-refractivity contribution in [2.75, 3.05) is 13.1 Å². The minimum Gasteiger partial charge on any atom is -0.286 e. The summed E-state index contributed by atoms with van der Waals surface area (Å²) in [4.78, 5) is 23.3. The van der Waals surface area contributed by atoms with E-state index in [2.05, 4.69) is 16.0 Å². The van der Waals surface area contributed by atoms with Crippen LogP contribution in [0.4, 0.5) is 0 Å². The van der Waals surface area contributed by atoms with Crippen LogP contribution in [0.2, 0.25) is 0 Å². The second kappa shape index (κ2) is 7.07. The first-order valence-corrected chi connectivity index (χ1v) is 9.17. The molecule has 0 atom stereocenters. The fraction of sp³-hybridized carbons (Fsp3) is 0.150. The van der Waals surface area contributed by atoms with E-state index in [4.69, 9.17) is 0 Å². The largest absolute Gasteiger partial charge is 0.286 e. The first-order chi connectivity index (χ1) is 12.3. The van der Waals surface area contributed by atoms with Crippen LogP contribution in [-0.2, 0) is 5.75 Å². The molecule has 2 aromatic carbocycles. The van der Waals surface area contributed by atoms with Gasteiger partial charge in [-0.2, -0.15) is 0 Å². The maximum atomic E-state index is 12.9. The van der Waals surface area contributed by atoms with Crippen LogP contribution in [0.15, 0.2) is 72.0 Å². The number of hydrogen-bond donors (Lipinski definition) is 0. The zero-order chi connectivity index (χ0) is 17.1. The molecule has 4 nitrogen and oxygen atoms in total. The Bertz CT molecular complexity index is 940. The monoisotopic (exact) mass is 347 g/mol. The van der Waals surface area contributed by atoms with Crippen LogP contribution in [0.25, 0.3) is 10.8 Å². The van der Waals surface area contributed by atoms with Gasteiger partial charge in [0.2, 0.25) is 0 Å². The zero-order valence-corrected chi connectivity index (χ0v) is 14.4. The Balaban J connectivity index is 1.51. The van der Waals surface area contributed by atoms with Crippen LogP contribution in [0, 0.1) is 0 Å². The van der Waals surface area contributed by atoms with Crippen LogP contribution in [0.3, 0.4) is 0 Å². The van der Waals surface area contributed by atoms with E-state index in [-0.39, 0.29) is 5.91 Å². The van der Waals surface area contributed by atoms with E-state index in [1.807, 2.05) is 54.7 Å². The molecule has 1 aliphatic rings. The summed E-state index contributed by atoms with van der Waals surface area (Å²) in [5.41, 5.74) is 1.83. The average molecular weight is 347 g/mol. The Morgan fingerprint density at radius 2 is 1.96 bits per heavy atom. The Morgan fingerprint density at radius 1 is 1.08 bits per heavy atom. The van der Waals surface area contributed by atoms with E-state index in [1.54, 1.807) is 22.9 Å². The summed E-state index contributed by atoms with van der Waals surface area (Å²) in [5, 5.41) is 3.01. The average Bonchev–Trinajstić information content (AvgIpc) is 3.15. The fourth-order valence-electron chi connectivity index (χ4n) is 2.85. The van der Waals surface area contributed by atoms with Crippen molar-refractivity contribution in [3.63, 3.8) is 0 Å². The lowest BCUT2D eigenvalue weighted by atomic mass is 10.1. The topological polar surface area (TPSA) is 45.6 Å². The van der Waals surface area contributed by atoms with Gasteiger partial charge in [-0.05, 0) is 34.5 Å². The minimum atomic E-state index is 0.0145. The summed E-state index contributed by atoms with van der Waals surface area (Å²) in [5.74, 6) is 0.773. The van der Waals surface area contributed by atoms with Crippen molar-refractivity contribution in [2.45, 2.75) is 5.75 Å². The predicted molar refractivity (Wildman–Crippen MR) is 103 cm³/mol. The standard InChI is InChI=1S/C20H17N3OS/c24-19(18-8-7-16-5-1-2-6-17(16)12-18)23-11-10-22-20(23)25-14-15-4-3-9-21-13-15/h1-9,12-13H,10-11,14H2. The molecular formula is C20H17N3OS. The summed E-state index contributed by atoms with van der Waals surface area (Å²) in [6, 6.07) is 17.9. The third-order valence-corrected chi connectivity index (χ3v) is 5.22. The first-order valence-electron chi connectivity index (χ1n) is 8.18. The quantitative estimate of drug-likeness (QED) is 0.720. The SMILES string of the molecule is O=C(c1ccc2ccccc2c1)N1CCN=C1SCc1cccnc1. The summed E-state index contributed by atoms with van der Waals surface area (Å²) in [6.45, 7) is 1.30. The molecule has 0 radical (unpaired) electrons. The van der Waals surface area contributed by atoms with Crippen molar-refractivity contribution < 1.29 is 4.79 Å². The molecule has 0 bridgehead atoms. The summed E-state index contributed by atoms with van der Waals surface area (Å²) < 4.78 is 0. The molecule has 124 valence electrons. The van der Waals surface area contributed by atoms with E-state index in [0.29, 0.717) is 18.7 Å². The highest BCUT2D eigenvalue weighted by Gasteiger charge is 2.25. The molecule has 5 heteroatoms. The number of thioether (sulfide) groups is 1. The normalized spacial score (nSPS) is 13.9. The molecule has 0 saturated carbocycles. The number of nitrogens with zero attached hydrogens (tertiary/aromatic N) is 3. The lowest BCUT2D eigenvalue weighted by molar-refractivity contribution is 0.0861. The van der Waals surface area contributed by atoms with Gasteiger partial charge >= 0.3 is 0 Å². The van der Waals surface area contributed by atoms with E-state index < -0.39 is 0 Å². The maximum absolute atomic E-state index is 12.9. The van der Waals surface area contributed by atoms with Crippen molar-refractivity contribution in [3.8, 4) is 0 Å². The number of rotatable bonds is 3. The second-order valence-corrected chi connectivity index (χ2v) is 6.78. The molecule has 1 amide bonds. The third-order valence-electron chi connectivity index (χ3n) is 4.13. The lowest BCUT2D eigenvalue weighted by Crippen LogP contribution is -2.32. The van der Waals surface area contributed by atoms with E-state index in [0.717, 1.165) is 27.3 Å². The molecule has 25 heavy (non-hydrogen) atoms. The molecule has 3 aromatic rings.